The second kappa shape index (κ2) is 12.7. The van der Waals surface area contributed by atoms with E-state index >= 15 is 0 Å². The topological polar surface area (TPSA) is 92.9 Å². The van der Waals surface area contributed by atoms with Gasteiger partial charge in [-0.2, -0.15) is 4.98 Å². The van der Waals surface area contributed by atoms with Gasteiger partial charge in [0.15, 0.2) is 0 Å². The predicted molar refractivity (Wildman–Crippen MR) is 148 cm³/mol. The Hall–Kier alpha value is -4.01. The number of ether oxygens (including phenoxy) is 4. The molecular formula is C31H34N2O6. The average molecular weight is 531 g/mol. The first-order valence-electron chi connectivity index (χ1n) is 12.8. The van der Waals surface area contributed by atoms with Gasteiger partial charge in [0.05, 0.1) is 33.4 Å². The van der Waals surface area contributed by atoms with Crippen LogP contribution in [0.5, 0.6) is 5.75 Å². The summed E-state index contributed by atoms with van der Waals surface area (Å²) >= 11 is 0. The van der Waals surface area contributed by atoms with Crippen LogP contribution in [0.2, 0.25) is 0 Å². The number of carbonyl (C=O) groups is 1. The van der Waals surface area contributed by atoms with Gasteiger partial charge < -0.3 is 23.5 Å². The van der Waals surface area contributed by atoms with Crippen molar-refractivity contribution in [1.82, 2.24) is 10.1 Å². The van der Waals surface area contributed by atoms with Gasteiger partial charge in [-0.1, -0.05) is 47.6 Å². The summed E-state index contributed by atoms with van der Waals surface area (Å²) in [5.41, 5.74) is 5.00. The van der Waals surface area contributed by atoms with Gasteiger partial charge in [-0.05, 0) is 61.7 Å². The normalized spacial score (nSPS) is 11.4. The molecule has 1 aromatic heterocycles. The lowest BCUT2D eigenvalue weighted by molar-refractivity contribution is -0.156. The molecule has 1 heterocycles. The molecule has 0 aliphatic rings. The van der Waals surface area contributed by atoms with Gasteiger partial charge in [0, 0.05) is 23.8 Å². The van der Waals surface area contributed by atoms with Crippen LogP contribution in [0.1, 0.15) is 38.3 Å². The Balaban J connectivity index is 1.47. The summed E-state index contributed by atoms with van der Waals surface area (Å²) in [6, 6.07) is 21.6. The van der Waals surface area contributed by atoms with Gasteiger partial charge in [-0.15, -0.1) is 0 Å². The molecule has 4 rings (SSSR count). The summed E-state index contributed by atoms with van der Waals surface area (Å²) in [6.07, 6.45) is 0.200. The molecule has 8 nitrogen and oxygen atoms in total. The third-order valence-corrected chi connectivity index (χ3v) is 5.80. The zero-order chi connectivity index (χ0) is 27.8. The van der Waals surface area contributed by atoms with Crippen LogP contribution in [0.4, 0.5) is 0 Å². The summed E-state index contributed by atoms with van der Waals surface area (Å²) in [4.78, 5) is 16.5. The minimum absolute atomic E-state index is 0.200. The maximum atomic E-state index is 11.9. The number of carbonyl (C=O) groups excluding carboxylic acids is 1. The molecule has 0 bridgehead atoms. The number of aromatic nitrogens is 2. The minimum Gasteiger partial charge on any atom is -0.496 e. The molecule has 0 aliphatic carbocycles. The zero-order valence-corrected chi connectivity index (χ0v) is 23.0. The number of methoxy groups -OCH3 is 2. The van der Waals surface area contributed by atoms with E-state index in [4.69, 9.17) is 23.5 Å². The van der Waals surface area contributed by atoms with Gasteiger partial charge in [0.2, 0.25) is 5.82 Å². The molecule has 3 aromatic carbocycles. The highest BCUT2D eigenvalue weighted by Gasteiger charge is 2.17. The molecule has 0 amide bonds. The Labute approximate surface area is 228 Å². The van der Waals surface area contributed by atoms with Crippen LogP contribution in [0.3, 0.4) is 0 Å². The van der Waals surface area contributed by atoms with Crippen LogP contribution in [0.25, 0.3) is 34.0 Å². The number of esters is 1. The molecule has 0 saturated heterocycles. The molecule has 0 atom stereocenters. The molecule has 4 aromatic rings. The van der Waals surface area contributed by atoms with Gasteiger partial charge in [-0.3, -0.25) is 4.79 Å². The number of benzene rings is 3. The summed E-state index contributed by atoms with van der Waals surface area (Å²) < 4.78 is 27.6. The van der Waals surface area contributed by atoms with E-state index in [0.29, 0.717) is 24.9 Å². The number of para-hydroxylation sites is 1. The Morgan fingerprint density at radius 3 is 2.49 bits per heavy atom. The number of rotatable bonds is 11. The largest absolute Gasteiger partial charge is 0.496 e. The van der Waals surface area contributed by atoms with E-state index in [1.165, 1.54) is 0 Å². The van der Waals surface area contributed by atoms with Crippen molar-refractivity contribution in [3.63, 3.8) is 0 Å². The fraction of sp³-hybridized carbons (Fsp3) is 0.323. The standard InChI is InChI=1S/C31H34N2O6/c1-31(2,3)38-28(34)15-16-37-19-21-9-8-10-22(17-21)29-32-30(39-33-29)23-13-14-25(24(18-23)20-35-4)26-11-6-7-12-27(26)36-5/h6-14,17-18H,15-16,19-20H2,1-5H3. The third kappa shape index (κ3) is 7.52. The van der Waals surface area contributed by atoms with Crippen molar-refractivity contribution in [1.29, 1.82) is 0 Å². The Kier molecular flexibility index (Phi) is 9.11. The minimum atomic E-state index is -0.502. The lowest BCUT2D eigenvalue weighted by Gasteiger charge is -2.19. The van der Waals surface area contributed by atoms with Crippen LogP contribution >= 0.6 is 0 Å². The maximum absolute atomic E-state index is 11.9. The van der Waals surface area contributed by atoms with Crippen molar-refractivity contribution in [3.05, 3.63) is 77.9 Å². The van der Waals surface area contributed by atoms with E-state index in [2.05, 4.69) is 10.1 Å². The third-order valence-electron chi connectivity index (χ3n) is 5.80. The highest BCUT2D eigenvalue weighted by molar-refractivity contribution is 5.76. The van der Waals surface area contributed by atoms with Gasteiger partial charge >= 0.3 is 5.97 Å². The fourth-order valence-electron chi connectivity index (χ4n) is 4.13. The number of hydrogen-bond donors (Lipinski definition) is 0. The van der Waals surface area contributed by atoms with Crippen molar-refractivity contribution in [2.45, 2.75) is 46.0 Å². The molecule has 8 heteroatoms. The first-order valence-corrected chi connectivity index (χ1v) is 12.8. The molecule has 0 radical (unpaired) electrons. The van der Waals surface area contributed by atoms with Gasteiger partial charge in [0.25, 0.3) is 5.89 Å². The van der Waals surface area contributed by atoms with Crippen molar-refractivity contribution in [3.8, 4) is 39.7 Å². The summed E-state index contributed by atoms with van der Waals surface area (Å²) in [5, 5.41) is 4.20. The van der Waals surface area contributed by atoms with Crippen molar-refractivity contribution in [2.24, 2.45) is 0 Å². The summed E-state index contributed by atoms with van der Waals surface area (Å²) in [6.45, 7) is 6.58. The quantitative estimate of drug-likeness (QED) is 0.161. The second-order valence-corrected chi connectivity index (χ2v) is 10.0. The molecule has 39 heavy (non-hydrogen) atoms. The van der Waals surface area contributed by atoms with Crippen molar-refractivity contribution >= 4 is 5.97 Å². The fourth-order valence-corrected chi connectivity index (χ4v) is 4.13. The van der Waals surface area contributed by atoms with Crippen LogP contribution in [-0.4, -0.2) is 42.5 Å². The van der Waals surface area contributed by atoms with E-state index in [-0.39, 0.29) is 19.0 Å². The van der Waals surface area contributed by atoms with E-state index in [0.717, 1.165) is 39.1 Å². The Morgan fingerprint density at radius 2 is 1.72 bits per heavy atom. The molecular weight excluding hydrogens is 496 g/mol. The lowest BCUT2D eigenvalue weighted by atomic mass is 9.97. The van der Waals surface area contributed by atoms with Crippen LogP contribution in [0.15, 0.2) is 71.3 Å². The molecule has 0 aliphatic heterocycles. The summed E-state index contributed by atoms with van der Waals surface area (Å²) in [5.74, 6) is 1.40. The number of nitrogens with zero attached hydrogens (tertiary/aromatic N) is 2. The first kappa shape index (κ1) is 28.0. The molecule has 0 fully saturated rings. The van der Waals surface area contributed by atoms with Crippen molar-refractivity contribution < 1.29 is 28.3 Å². The Morgan fingerprint density at radius 1 is 0.897 bits per heavy atom. The van der Waals surface area contributed by atoms with E-state index in [1.54, 1.807) is 14.2 Å². The highest BCUT2D eigenvalue weighted by atomic mass is 16.6. The monoisotopic (exact) mass is 530 g/mol. The number of hydrogen-bond acceptors (Lipinski definition) is 8. The van der Waals surface area contributed by atoms with Crippen LogP contribution in [-0.2, 0) is 32.2 Å². The SMILES string of the molecule is COCc1cc(-c2nc(-c3cccc(COCCC(=O)OC(C)(C)C)c3)no2)ccc1-c1ccccc1OC. The smallest absolute Gasteiger partial charge is 0.308 e. The lowest BCUT2D eigenvalue weighted by Crippen LogP contribution is -2.24. The highest BCUT2D eigenvalue weighted by Crippen LogP contribution is 2.35. The molecule has 204 valence electrons. The van der Waals surface area contributed by atoms with Gasteiger partial charge in [-0.25, -0.2) is 0 Å². The zero-order valence-electron chi connectivity index (χ0n) is 23.0. The Bertz CT molecular complexity index is 1410. The van der Waals surface area contributed by atoms with E-state index < -0.39 is 5.60 Å². The second-order valence-electron chi connectivity index (χ2n) is 10.0. The maximum Gasteiger partial charge on any atom is 0.308 e. The first-order chi connectivity index (χ1) is 18.8. The molecule has 0 saturated carbocycles. The summed E-state index contributed by atoms with van der Waals surface area (Å²) in [7, 11) is 3.33. The predicted octanol–water partition coefficient (Wildman–Crippen LogP) is 6.47. The van der Waals surface area contributed by atoms with Crippen LogP contribution in [0, 0.1) is 0 Å². The van der Waals surface area contributed by atoms with Gasteiger partial charge in [0.1, 0.15) is 11.4 Å². The van der Waals surface area contributed by atoms with Crippen molar-refractivity contribution in [2.75, 3.05) is 20.8 Å². The average Bonchev–Trinajstić information content (AvgIpc) is 3.41. The molecule has 0 unspecified atom stereocenters. The molecule has 0 spiro atoms. The van der Waals surface area contributed by atoms with E-state index in [1.807, 2.05) is 87.5 Å². The van der Waals surface area contributed by atoms with E-state index in [9.17, 15) is 4.79 Å². The molecule has 0 N–H and O–H groups in total. The van der Waals surface area contributed by atoms with Crippen LogP contribution < -0.4 is 4.74 Å².